The number of alkyl halides is 1. The number of esters is 5. The Balaban J connectivity index is 0.000000282. The van der Waals surface area contributed by atoms with Crippen LogP contribution in [0.15, 0.2) is 136 Å². The number of carbonyl (C=O) groups is 9. The van der Waals surface area contributed by atoms with Gasteiger partial charge in [0.05, 0.1) is 39.1 Å². The molecule has 2 saturated carbocycles. The van der Waals surface area contributed by atoms with Crippen LogP contribution in [0.5, 0.6) is 0 Å². The molecule has 4 N–H and O–H groups in total. The molecule has 0 spiro atoms. The van der Waals surface area contributed by atoms with Gasteiger partial charge in [0.1, 0.15) is 11.9 Å². The molecule has 9 aliphatic rings. The first-order chi connectivity index (χ1) is 58.9. The first-order valence-corrected chi connectivity index (χ1v) is 59.4. The zero-order valence-corrected chi connectivity index (χ0v) is 88.9. The van der Waals surface area contributed by atoms with Gasteiger partial charge in [0.25, 0.3) is 0 Å². The van der Waals surface area contributed by atoms with Crippen LogP contribution in [0.4, 0.5) is 0 Å². The van der Waals surface area contributed by atoms with E-state index in [0.29, 0.717) is 67.4 Å². The third-order valence-corrected chi connectivity index (χ3v) is 36.1. The first-order valence-electron chi connectivity index (χ1n) is 45.7. The molecule has 4 fully saturated rings. The van der Waals surface area contributed by atoms with Gasteiger partial charge in [0.2, 0.25) is 11.2 Å². The second-order valence-corrected chi connectivity index (χ2v) is 61.2. The highest BCUT2D eigenvalue weighted by Crippen LogP contribution is 2.59. The van der Waals surface area contributed by atoms with Crippen LogP contribution in [-0.2, 0) is 95.9 Å². The molecule has 1 aromatic carbocycles. The molecular weight excluding hydrogens is 1730 g/mol. The third kappa shape index (κ3) is 25.7. The van der Waals surface area contributed by atoms with Crippen LogP contribution < -0.4 is 0 Å². The molecule has 129 heavy (non-hydrogen) atoms. The van der Waals surface area contributed by atoms with Crippen molar-refractivity contribution in [3.05, 3.63) is 141 Å². The number of carbonyl (C=O) groups excluding carboxylic acids is 9. The Labute approximate surface area is 780 Å². The Morgan fingerprint density at radius 2 is 1.19 bits per heavy atom. The fourth-order valence-electron chi connectivity index (χ4n) is 19.2. The van der Waals surface area contributed by atoms with Crippen molar-refractivity contribution in [1.29, 1.82) is 0 Å². The van der Waals surface area contributed by atoms with E-state index in [1.54, 1.807) is 27.7 Å². The molecule has 23 nitrogen and oxygen atoms in total. The van der Waals surface area contributed by atoms with Crippen molar-refractivity contribution >= 4 is 98.4 Å². The number of ketones is 3. The van der Waals surface area contributed by atoms with Gasteiger partial charge in [-0.25, -0.2) is 19.2 Å². The monoisotopic (exact) mass is 1890 g/mol. The number of halogens is 1. The summed E-state index contributed by atoms with van der Waals surface area (Å²) in [5, 5.41) is 45.4. The number of hydrogen-bond acceptors (Lipinski definition) is 23. The highest BCUT2D eigenvalue weighted by atomic mass is 35.5. The molecule has 2 aliphatic heterocycles. The smallest absolute Gasteiger partial charge is 0.344 e. The standard InChI is InChI=1S/C26H36O5Si.C21H34O5Si.C18H26O7.C16H29ClOSi.C10H20O4Si.C10H14O/c1-16-13-20-17(2)14-21(29-15-19-11-9-8-10-12-19)26(28)23(22(20)18(16)3)30-24(27)25(26,4)31-32(5,6)7;1-13-11-17(18(12-22)16(13)4)14(2)10-15(3)19(23)21(5,20(24)25-6)26-27(7,8)9;1-8-6-11-13(9(8)2)14-18(23,17(5,22)15(21)24-14)12(20)7-16(11,4)25-10(3)19;1-12-8-9-14(13(2)11-17)10-15(12)18-19(6,7)16(3,4)5;1-7-8(11)10(2,9(12)13-3)14-15(4,5)6;1-7(2)9-5-4-8(3)10(11)6-9/h8-12,16,20-21,23,28H,2,13-15H2,1,3-7H3;12-13,15,17H,2,10-11H2,1,3-9H3;8,11-12,14,20,22-23H,6-7H2,1-5H3;8,14-15H,2,9-11H2,1,3-7H3;7H2,1-6H3;4,9H,1,5-6H2,2-3H3/t16-,20-,21-,23+,25-,26-;13-,15-,17-,21+;8-,11+,12+,14+,16+,17-,18-;14-,15-;10-;9-/m111101/s1. The number of benzene rings is 1. The second-order valence-electron chi connectivity index (χ2n) is 42.9. The molecule has 1 aromatic rings. The predicted molar refractivity (Wildman–Crippen MR) is 516 cm³/mol. The number of ether oxygens (including phenoxy) is 6. The molecule has 2 heterocycles. The van der Waals surface area contributed by atoms with E-state index in [1.165, 1.54) is 46.1 Å². The lowest BCUT2D eigenvalue weighted by molar-refractivity contribution is -0.195. The van der Waals surface area contributed by atoms with E-state index in [1.807, 2.05) is 130 Å². The van der Waals surface area contributed by atoms with E-state index in [-0.39, 0.29) is 65.0 Å². The molecule has 0 bridgehead atoms. The van der Waals surface area contributed by atoms with Crippen LogP contribution in [0.25, 0.3) is 0 Å². The van der Waals surface area contributed by atoms with Crippen LogP contribution in [-0.4, -0.2) is 197 Å². The van der Waals surface area contributed by atoms with Gasteiger partial charge in [0, 0.05) is 55.7 Å². The quantitative estimate of drug-likeness (QED) is 0.0134. The van der Waals surface area contributed by atoms with E-state index in [0.717, 1.165) is 101 Å². The number of aldehydes is 1. The molecule has 0 unspecified atom stereocenters. The Bertz CT molecular complexity index is 4490. The van der Waals surface area contributed by atoms with Crippen molar-refractivity contribution < 1.29 is 110 Å². The van der Waals surface area contributed by atoms with Gasteiger partial charge in [-0.1, -0.05) is 163 Å². The summed E-state index contributed by atoms with van der Waals surface area (Å²) in [6.07, 6.45) is 8.49. The third-order valence-electron chi connectivity index (χ3n) is 28.2. The van der Waals surface area contributed by atoms with Gasteiger partial charge in [0.15, 0.2) is 85.2 Å². The lowest BCUT2D eigenvalue weighted by atomic mass is 9.75. The summed E-state index contributed by atoms with van der Waals surface area (Å²) in [7, 11) is -5.57. The Kier molecular flexibility index (Phi) is 38.3. The summed E-state index contributed by atoms with van der Waals surface area (Å²) in [6, 6.07) is 9.86. The maximum atomic E-state index is 13.4. The number of methoxy groups -OCH3 is 2. The van der Waals surface area contributed by atoms with E-state index >= 15 is 0 Å². The van der Waals surface area contributed by atoms with Crippen molar-refractivity contribution in [3.8, 4) is 0 Å². The maximum absolute atomic E-state index is 13.4. The number of rotatable bonds is 25. The van der Waals surface area contributed by atoms with Crippen LogP contribution in [0.3, 0.4) is 0 Å². The lowest BCUT2D eigenvalue weighted by Gasteiger charge is -2.44. The summed E-state index contributed by atoms with van der Waals surface area (Å²) in [5.41, 5.74) is 1.28. The molecule has 10 rings (SSSR count). The molecule has 21 atom stereocenters. The molecule has 0 radical (unpaired) electrons. The fraction of sp³-hybridized carbons (Fsp3) is 0.673. The van der Waals surface area contributed by atoms with Gasteiger partial charge >= 0.3 is 29.8 Å². The van der Waals surface area contributed by atoms with Gasteiger partial charge in [-0.05, 0) is 268 Å². The first kappa shape index (κ1) is 113. The molecule has 7 aliphatic carbocycles. The van der Waals surface area contributed by atoms with Crippen LogP contribution in [0.2, 0.25) is 77.1 Å². The zero-order valence-electron chi connectivity index (χ0n) is 84.1. The lowest BCUT2D eigenvalue weighted by Crippen LogP contribution is -2.66. The van der Waals surface area contributed by atoms with Gasteiger partial charge < -0.3 is 66.6 Å². The number of hydrogen-bond donors (Lipinski definition) is 4. The van der Waals surface area contributed by atoms with Crippen LogP contribution in [0, 0.1) is 53.3 Å². The number of Topliss-reactive ketones (excluding diaryl/α,β-unsaturated/α-hetero) is 3. The highest BCUT2D eigenvalue weighted by molar-refractivity contribution is 6.74. The van der Waals surface area contributed by atoms with Crippen molar-refractivity contribution in [3.63, 3.8) is 0 Å². The topological polar surface area (TPSA) is 327 Å². The second kappa shape index (κ2) is 43.6. The van der Waals surface area contributed by atoms with E-state index < -0.39 is 133 Å². The molecular formula is C101H159ClO23Si4. The minimum Gasteiger partial charge on any atom is -0.467 e. The molecule has 724 valence electrons. The predicted octanol–water partition coefficient (Wildman–Crippen LogP) is 19.1. The average Bonchev–Trinajstić information content (AvgIpc) is 1.54. The van der Waals surface area contributed by atoms with Gasteiger partial charge in [-0.15, -0.1) is 11.6 Å². The summed E-state index contributed by atoms with van der Waals surface area (Å²) >= 11 is 5.92. The number of fused-ring (bicyclic) bond motifs is 6. The van der Waals surface area contributed by atoms with Crippen molar-refractivity contribution in [2.45, 2.75) is 362 Å². The van der Waals surface area contributed by atoms with E-state index in [9.17, 15) is 63.6 Å². The van der Waals surface area contributed by atoms with Gasteiger partial charge in [-0.2, -0.15) is 0 Å². The van der Waals surface area contributed by atoms with Crippen molar-refractivity contribution in [2.75, 3.05) is 20.1 Å². The SMILES string of the molecule is C=C(C)[C@@H]1CC=C(C)C(=O)C1.C=C(CCl)[C@@H]1CC=C(C)[C@H](O[Si](C)(C)C(C)(C)C)C1.C=C(C[C@@H](C)C(=O)[C@](C)(O[Si](C)(C)C)C(=O)OC)[C@H]1C[C@@H](C)C(C)=C1C=O.C=C1C[C@@H](OCc2ccccc2)[C@@]2(O)[C@@H](OC(=O)[C@@]2(C)O[Si](C)(C)C)C2=C(C)[C@H](C)C[C@H]12.CC(=O)O[C@@]1(C)C[C@H](O)[C@@]2(O)[C@@H](OC(=O)[C@@]2(C)O)C2=C(C)[C@H](C)C[C@@H]21.CCC(=O)[C@](C)(O[Si](C)(C)C)C(=O)OC. The van der Waals surface area contributed by atoms with Crippen molar-refractivity contribution in [2.24, 2.45) is 53.3 Å². The molecule has 28 heteroatoms. The number of aliphatic hydroxyl groups excluding tert-OH is 1. The largest absolute Gasteiger partial charge is 0.467 e. The summed E-state index contributed by atoms with van der Waals surface area (Å²) < 4.78 is 57.4. The van der Waals surface area contributed by atoms with Crippen LogP contribution >= 0.6 is 11.6 Å². The van der Waals surface area contributed by atoms with Crippen molar-refractivity contribution in [1.82, 2.24) is 0 Å². The highest BCUT2D eigenvalue weighted by Gasteiger charge is 2.75. The normalized spacial score (nSPS) is 31.3. The molecule has 0 aromatic heterocycles. The summed E-state index contributed by atoms with van der Waals surface area (Å²) in [6.45, 7) is 76.5. The Morgan fingerprint density at radius 1 is 0.674 bits per heavy atom. The number of aliphatic hydroxyl groups is 4. The van der Waals surface area contributed by atoms with Gasteiger partial charge in [-0.3, -0.25) is 24.0 Å². The Morgan fingerprint density at radius 3 is 1.68 bits per heavy atom. The molecule has 0 amide bonds. The van der Waals surface area contributed by atoms with E-state index in [4.69, 9.17) is 53.0 Å². The fourth-order valence-corrected chi connectivity index (χ4v) is 25.1. The van der Waals surface area contributed by atoms with Crippen LogP contribution in [0.1, 0.15) is 215 Å². The number of allylic oxidation sites excluding steroid dienone is 10. The summed E-state index contributed by atoms with van der Waals surface area (Å²) in [5.74, 6) is -2.01. The molecule has 2 saturated heterocycles. The minimum absolute atomic E-state index is 0.0324. The maximum Gasteiger partial charge on any atom is 0.344 e. The minimum atomic E-state index is -2.26. The summed E-state index contributed by atoms with van der Waals surface area (Å²) in [4.78, 5) is 109. The average molecular weight is 1890 g/mol. The zero-order chi connectivity index (χ0) is 99.1. The van der Waals surface area contributed by atoms with E-state index in [2.05, 4.69) is 98.7 Å². The Hall–Kier alpha value is -6.29.